The number of carbonyl (C=O) groups is 1. The zero-order valence-corrected chi connectivity index (χ0v) is 4.27. The summed E-state index contributed by atoms with van der Waals surface area (Å²) in [6.45, 7) is 1.41. The molecule has 30 valence electrons. The smallest absolute Gasteiger partial charge is 0.201 e. The third kappa shape index (κ3) is 4.31. The van der Waals surface area contributed by atoms with Crippen LogP contribution in [0.4, 0.5) is 0 Å². The van der Waals surface area contributed by atoms with Gasteiger partial charge in [-0.2, -0.15) is 0 Å². The molecule has 0 radical (unpaired) electrons. The lowest BCUT2D eigenvalue weighted by Gasteiger charge is -1.67. The van der Waals surface area contributed by atoms with Crippen molar-refractivity contribution in [1.82, 2.24) is 0 Å². The van der Waals surface area contributed by atoms with E-state index < -0.39 is 0 Å². The van der Waals surface area contributed by atoms with Gasteiger partial charge >= 0.3 is 0 Å². The molecule has 0 aromatic rings. The van der Waals surface area contributed by atoms with Crippen LogP contribution in [0.3, 0.4) is 0 Å². The van der Waals surface area contributed by atoms with Gasteiger partial charge in [0.2, 0.25) is 5.12 Å². The molecule has 0 N–H and O–H groups in total. The maximum absolute atomic E-state index is 9.64. The molecule has 0 aliphatic carbocycles. The summed E-state index contributed by atoms with van der Waals surface area (Å²) in [5.74, 6) is 0. The number of hydrogen-bond acceptors (Lipinski definition) is 2. The Labute approximate surface area is 39.2 Å². The Morgan fingerprint density at radius 3 is 2.20 bits per heavy atom. The first-order chi connectivity index (χ1) is 2.27. The van der Waals surface area contributed by atoms with E-state index in [0.29, 0.717) is 11.0 Å². The minimum absolute atomic E-state index is 0.0633. The molecule has 0 fully saturated rings. The molecular weight excluding hydrogens is 108 g/mol. The van der Waals surface area contributed by atoms with Gasteiger partial charge in [0.1, 0.15) is 0 Å². The Morgan fingerprint density at radius 2 is 2.20 bits per heavy atom. The highest BCUT2D eigenvalue weighted by Gasteiger charge is 1.80. The number of hydrogen-bond donors (Lipinski definition) is 0. The van der Waals surface area contributed by atoms with Crippen LogP contribution in [0.5, 0.6) is 0 Å². The van der Waals surface area contributed by atoms with E-state index in [4.69, 9.17) is 10.7 Å². The molecule has 0 unspecified atom stereocenters. The summed E-state index contributed by atoms with van der Waals surface area (Å²) in [4.78, 5) is 9.64. The Kier molecular flexibility index (Phi) is 2.70. The maximum atomic E-state index is 9.64. The fourth-order valence-corrected chi connectivity index (χ4v) is 0. The molecule has 1 nitrogen and oxygen atoms in total. The van der Waals surface area contributed by atoms with Crippen molar-refractivity contribution in [1.29, 1.82) is 0 Å². The van der Waals surface area contributed by atoms with Gasteiger partial charge in [0, 0.05) is 17.9 Å². The van der Waals surface area contributed by atoms with E-state index >= 15 is 0 Å². The van der Waals surface area contributed by atoms with Crippen LogP contribution in [0.1, 0.15) is 6.92 Å². The van der Waals surface area contributed by atoms with Crippen molar-refractivity contribution in [3.8, 4) is 0 Å². The second-order valence-corrected chi connectivity index (χ2v) is 1.76. The molecule has 0 saturated carbocycles. The van der Waals surface area contributed by atoms with E-state index in [-0.39, 0.29) is 5.12 Å². The summed E-state index contributed by atoms with van der Waals surface area (Å²) >= 11 is 0. The largest absolute Gasteiger partial charge is 0.286 e. The molecule has 5 heavy (non-hydrogen) atoms. The summed E-state index contributed by atoms with van der Waals surface area (Å²) < 4.78 is 0. The van der Waals surface area contributed by atoms with Crippen LogP contribution >= 0.6 is 21.7 Å². The van der Waals surface area contributed by atoms with Crippen LogP contribution in [0.15, 0.2) is 0 Å². The fraction of sp³-hybridized carbons (Fsp3) is 0.500. The van der Waals surface area contributed by atoms with Crippen molar-refractivity contribution in [2.45, 2.75) is 6.92 Å². The summed E-state index contributed by atoms with van der Waals surface area (Å²) in [6, 6.07) is 0. The van der Waals surface area contributed by atoms with Crippen LogP contribution in [-0.2, 0) is 4.79 Å². The highest BCUT2D eigenvalue weighted by molar-refractivity contribution is 8.32. The summed E-state index contributed by atoms with van der Waals surface area (Å²) in [5, 5.41) is -0.0633. The second kappa shape index (κ2) is 2.54. The molecule has 0 aromatic heterocycles. The lowest BCUT2D eigenvalue weighted by Crippen LogP contribution is -1.68. The summed E-state index contributed by atoms with van der Waals surface area (Å²) in [7, 11) is 5.62. The Balaban J connectivity index is 2.85. The molecule has 0 spiro atoms. The number of carbonyl (C=O) groups excluding carboxylic acids is 1. The normalized spacial score (nSPS) is 7.60. The molecule has 3 heteroatoms. The first-order valence-corrected chi connectivity index (χ1v) is 2.71. The molecule has 0 atom stereocenters. The highest BCUT2D eigenvalue weighted by Crippen LogP contribution is 2.04. The van der Waals surface area contributed by atoms with Crippen molar-refractivity contribution < 1.29 is 4.79 Å². The Morgan fingerprint density at radius 1 is 2.00 bits per heavy atom. The minimum Gasteiger partial charge on any atom is -0.286 e. The van der Waals surface area contributed by atoms with Crippen molar-refractivity contribution in [3.05, 3.63) is 0 Å². The predicted octanol–water partition coefficient (Wildman–Crippen LogP) is 1.42. The quantitative estimate of drug-likeness (QED) is 0.469. The molecule has 0 amide bonds. The van der Waals surface area contributed by atoms with Gasteiger partial charge < -0.3 is 0 Å². The third-order valence-corrected chi connectivity index (χ3v) is 0.978. The first-order valence-electron chi connectivity index (χ1n) is 1.06. The standard InChI is InChI=1S/C2H3ClOS/c1-2(4)5-3/h1H3. The second-order valence-electron chi connectivity index (χ2n) is 0.569. The number of halogens is 1. The Hall–Kier alpha value is 0.310. The van der Waals surface area contributed by atoms with Gasteiger partial charge in [-0.15, -0.1) is 0 Å². The SMILES string of the molecule is CC(=O)SCl. The monoisotopic (exact) mass is 110 g/mol. The van der Waals surface area contributed by atoms with Crippen molar-refractivity contribution in [2.24, 2.45) is 0 Å². The first kappa shape index (κ1) is 5.31. The van der Waals surface area contributed by atoms with E-state index in [9.17, 15) is 4.79 Å². The van der Waals surface area contributed by atoms with Gasteiger partial charge in [0.05, 0.1) is 0 Å². The van der Waals surface area contributed by atoms with E-state index in [0.717, 1.165) is 0 Å². The van der Waals surface area contributed by atoms with Gasteiger partial charge in [-0.25, -0.2) is 0 Å². The van der Waals surface area contributed by atoms with Gasteiger partial charge in [-0.3, -0.25) is 4.79 Å². The summed E-state index contributed by atoms with van der Waals surface area (Å²) in [5.41, 5.74) is 0. The Bertz CT molecular complexity index is 44.9. The van der Waals surface area contributed by atoms with E-state index in [1.54, 1.807) is 0 Å². The lowest BCUT2D eigenvalue weighted by atomic mass is 10.9. The maximum Gasteiger partial charge on any atom is 0.201 e. The number of rotatable bonds is 0. The molecule has 0 rings (SSSR count). The van der Waals surface area contributed by atoms with Gasteiger partial charge in [0.15, 0.2) is 0 Å². The molecule has 0 bridgehead atoms. The van der Waals surface area contributed by atoms with Gasteiger partial charge in [0.25, 0.3) is 0 Å². The van der Waals surface area contributed by atoms with Crippen LogP contribution in [-0.4, -0.2) is 5.12 Å². The molecule has 0 aliphatic heterocycles. The van der Waals surface area contributed by atoms with E-state index in [1.807, 2.05) is 0 Å². The average molecular weight is 111 g/mol. The topological polar surface area (TPSA) is 17.1 Å². The lowest BCUT2D eigenvalue weighted by molar-refractivity contribution is -0.109. The van der Waals surface area contributed by atoms with Crippen molar-refractivity contribution >= 4 is 26.8 Å². The van der Waals surface area contributed by atoms with Crippen molar-refractivity contribution in [3.63, 3.8) is 0 Å². The highest BCUT2D eigenvalue weighted by atomic mass is 35.7. The zero-order valence-electron chi connectivity index (χ0n) is 2.69. The fourth-order valence-electron chi connectivity index (χ4n) is 0. The van der Waals surface area contributed by atoms with Crippen LogP contribution < -0.4 is 0 Å². The molecule has 0 aromatic carbocycles. The van der Waals surface area contributed by atoms with E-state index in [2.05, 4.69) is 0 Å². The molecule has 0 aliphatic rings. The van der Waals surface area contributed by atoms with Crippen LogP contribution in [0.25, 0.3) is 0 Å². The zero-order chi connectivity index (χ0) is 4.28. The van der Waals surface area contributed by atoms with Crippen LogP contribution in [0, 0.1) is 0 Å². The van der Waals surface area contributed by atoms with Crippen molar-refractivity contribution in [2.75, 3.05) is 0 Å². The third-order valence-electron chi connectivity index (χ3n) is 0.109. The average Bonchev–Trinajstić information content (AvgIpc) is 1.38. The summed E-state index contributed by atoms with van der Waals surface area (Å²) in [6.07, 6.45) is 0. The molecular formula is C2H3ClOS. The predicted molar refractivity (Wildman–Crippen MR) is 24.1 cm³/mol. The molecule has 0 heterocycles. The minimum atomic E-state index is -0.0633. The van der Waals surface area contributed by atoms with Gasteiger partial charge in [-0.05, 0) is 10.7 Å². The van der Waals surface area contributed by atoms with E-state index in [1.165, 1.54) is 6.92 Å². The van der Waals surface area contributed by atoms with Gasteiger partial charge in [-0.1, -0.05) is 0 Å². The van der Waals surface area contributed by atoms with Crippen LogP contribution in [0.2, 0.25) is 0 Å². The molecule has 0 saturated heterocycles.